The van der Waals surface area contributed by atoms with Crippen LogP contribution in [0.3, 0.4) is 0 Å². The lowest BCUT2D eigenvalue weighted by atomic mass is 10.1. The van der Waals surface area contributed by atoms with E-state index >= 15 is 0 Å². The third kappa shape index (κ3) is 6.11. The number of rotatable bonds is 3. The Kier molecular flexibility index (Phi) is 6.77. The van der Waals surface area contributed by atoms with Crippen LogP contribution in [0.25, 0.3) is 0 Å². The molecule has 0 saturated heterocycles. The average molecular weight is 318 g/mol. The van der Waals surface area contributed by atoms with Crippen LogP contribution in [0.4, 0.5) is 4.39 Å². The molecule has 0 aliphatic rings. The fourth-order valence-electron chi connectivity index (χ4n) is 1.78. The molecule has 0 aliphatic carbocycles. The first-order chi connectivity index (χ1) is 10.8. The molecule has 1 N–H and O–H groups in total. The van der Waals surface area contributed by atoms with Gasteiger partial charge < -0.3 is 0 Å². The van der Waals surface area contributed by atoms with Gasteiger partial charge in [0.1, 0.15) is 5.82 Å². The van der Waals surface area contributed by atoms with Crippen molar-refractivity contribution in [2.24, 2.45) is 0 Å². The molecule has 1 aromatic carbocycles. The summed E-state index contributed by atoms with van der Waals surface area (Å²) in [5.74, 6) is 3.80. The van der Waals surface area contributed by atoms with Crippen LogP contribution in [-0.2, 0) is 4.79 Å². The Hall–Kier alpha value is -2.35. The van der Waals surface area contributed by atoms with Gasteiger partial charge in [0.25, 0.3) is 5.91 Å². The molecule has 124 valence electrons. The number of hydrogen-bond acceptors (Lipinski definition) is 2. The number of hydrazine groups is 1. The van der Waals surface area contributed by atoms with Crippen LogP contribution in [0.5, 0.6) is 0 Å². The molecule has 0 atom stereocenters. The highest BCUT2D eigenvalue weighted by Crippen LogP contribution is 2.12. The van der Waals surface area contributed by atoms with Gasteiger partial charge in [-0.1, -0.05) is 25.3 Å². The molecule has 0 radical (unpaired) electrons. The van der Waals surface area contributed by atoms with Gasteiger partial charge in [-0.05, 0) is 51.3 Å². The average Bonchev–Trinajstić information content (AvgIpc) is 2.47. The Balaban J connectivity index is 2.88. The molecular weight excluding hydrogens is 295 g/mol. The highest BCUT2D eigenvalue weighted by molar-refractivity contribution is 5.99. The topological polar surface area (TPSA) is 49.4 Å². The standard InChI is InChI=1S/C18H23FN2O2/c1-5-6-7-8-12-16(22)21(18(2,3)4)20-17(23)14-10-9-11-15(19)13-14/h9-11,13H,5-7H2,1-4H3,(H,20,23). The summed E-state index contributed by atoms with van der Waals surface area (Å²) in [6, 6.07) is 5.30. The lowest BCUT2D eigenvalue weighted by Gasteiger charge is -2.33. The minimum atomic E-state index is -0.653. The molecule has 23 heavy (non-hydrogen) atoms. The van der Waals surface area contributed by atoms with Crippen molar-refractivity contribution in [2.75, 3.05) is 0 Å². The Morgan fingerprint density at radius 2 is 2.00 bits per heavy atom. The van der Waals surface area contributed by atoms with Crippen molar-refractivity contribution in [3.05, 3.63) is 35.6 Å². The van der Waals surface area contributed by atoms with Gasteiger partial charge in [0.05, 0.1) is 5.54 Å². The van der Waals surface area contributed by atoms with E-state index in [-0.39, 0.29) is 5.56 Å². The summed E-state index contributed by atoms with van der Waals surface area (Å²) in [6.45, 7) is 7.39. The van der Waals surface area contributed by atoms with Crippen LogP contribution in [0.15, 0.2) is 24.3 Å². The number of nitrogens with zero attached hydrogens (tertiary/aromatic N) is 1. The number of halogens is 1. The first-order valence-electron chi connectivity index (χ1n) is 7.65. The maximum absolute atomic E-state index is 13.2. The zero-order valence-electron chi connectivity index (χ0n) is 14.1. The van der Waals surface area contributed by atoms with Crippen LogP contribution >= 0.6 is 0 Å². The van der Waals surface area contributed by atoms with E-state index in [2.05, 4.69) is 17.3 Å². The molecule has 2 amide bonds. The highest BCUT2D eigenvalue weighted by Gasteiger charge is 2.27. The molecular formula is C18H23FN2O2. The van der Waals surface area contributed by atoms with Gasteiger partial charge in [-0.25, -0.2) is 9.40 Å². The molecule has 0 aliphatic heterocycles. The molecule has 0 spiro atoms. The molecule has 0 bridgehead atoms. The summed E-state index contributed by atoms with van der Waals surface area (Å²) < 4.78 is 13.2. The van der Waals surface area contributed by atoms with Crippen molar-refractivity contribution in [3.8, 4) is 11.8 Å². The second-order valence-corrected chi connectivity index (χ2v) is 6.17. The first kappa shape index (κ1) is 18.7. The van der Waals surface area contributed by atoms with Crippen LogP contribution < -0.4 is 5.43 Å². The molecule has 0 heterocycles. The Labute approximate surface area is 137 Å². The second kappa shape index (κ2) is 8.33. The SMILES string of the molecule is CCCCC#CC(=O)N(NC(=O)c1cccc(F)c1)C(C)(C)C. The van der Waals surface area contributed by atoms with Gasteiger partial charge in [0.15, 0.2) is 0 Å². The number of carbonyl (C=O) groups is 2. The van der Waals surface area contributed by atoms with Crippen molar-refractivity contribution in [3.63, 3.8) is 0 Å². The number of amides is 2. The van der Waals surface area contributed by atoms with Gasteiger partial charge in [0.2, 0.25) is 0 Å². The van der Waals surface area contributed by atoms with E-state index < -0.39 is 23.2 Å². The molecule has 4 nitrogen and oxygen atoms in total. The molecule has 1 aromatic rings. The quantitative estimate of drug-likeness (QED) is 0.528. The van der Waals surface area contributed by atoms with E-state index in [1.54, 1.807) is 20.8 Å². The highest BCUT2D eigenvalue weighted by atomic mass is 19.1. The maximum atomic E-state index is 13.2. The lowest BCUT2D eigenvalue weighted by Crippen LogP contribution is -2.55. The molecule has 0 unspecified atom stereocenters. The second-order valence-electron chi connectivity index (χ2n) is 6.17. The van der Waals surface area contributed by atoms with Crippen LogP contribution in [-0.4, -0.2) is 22.4 Å². The lowest BCUT2D eigenvalue weighted by molar-refractivity contribution is -0.132. The zero-order valence-corrected chi connectivity index (χ0v) is 14.1. The summed E-state index contributed by atoms with van der Waals surface area (Å²) in [4.78, 5) is 24.5. The smallest absolute Gasteiger partial charge is 0.267 e. The summed E-state index contributed by atoms with van der Waals surface area (Å²) >= 11 is 0. The number of carbonyl (C=O) groups excluding carboxylic acids is 2. The molecule has 5 heteroatoms. The fraction of sp³-hybridized carbons (Fsp3) is 0.444. The first-order valence-corrected chi connectivity index (χ1v) is 7.65. The van der Waals surface area contributed by atoms with E-state index in [9.17, 15) is 14.0 Å². The fourth-order valence-corrected chi connectivity index (χ4v) is 1.78. The monoisotopic (exact) mass is 318 g/mol. The van der Waals surface area contributed by atoms with Crippen molar-refractivity contribution in [1.82, 2.24) is 10.4 Å². The van der Waals surface area contributed by atoms with E-state index in [4.69, 9.17) is 0 Å². The van der Waals surface area contributed by atoms with E-state index in [0.717, 1.165) is 18.9 Å². The number of unbranched alkanes of at least 4 members (excludes halogenated alkanes) is 2. The number of hydrogen-bond donors (Lipinski definition) is 1. The van der Waals surface area contributed by atoms with E-state index in [0.29, 0.717) is 6.42 Å². The van der Waals surface area contributed by atoms with Gasteiger partial charge >= 0.3 is 5.91 Å². The summed E-state index contributed by atoms with van der Waals surface area (Å²) in [7, 11) is 0. The largest absolute Gasteiger partial charge is 0.317 e. The molecule has 0 fully saturated rings. The Morgan fingerprint density at radius 3 is 2.57 bits per heavy atom. The number of nitrogens with one attached hydrogen (secondary N) is 1. The van der Waals surface area contributed by atoms with Crippen molar-refractivity contribution < 1.29 is 14.0 Å². The minimum Gasteiger partial charge on any atom is -0.267 e. The van der Waals surface area contributed by atoms with Crippen molar-refractivity contribution in [2.45, 2.75) is 52.5 Å². The third-order valence-corrected chi connectivity index (χ3v) is 3.02. The molecule has 0 aromatic heterocycles. The summed E-state index contributed by atoms with van der Waals surface area (Å²) in [5.41, 5.74) is 2.01. The van der Waals surface area contributed by atoms with Crippen LogP contribution in [0, 0.1) is 17.7 Å². The normalized spacial score (nSPS) is 10.5. The summed E-state index contributed by atoms with van der Waals surface area (Å²) in [5, 5.41) is 1.18. The molecule has 0 saturated carbocycles. The zero-order chi connectivity index (χ0) is 17.5. The van der Waals surface area contributed by atoms with E-state index in [1.807, 2.05) is 6.92 Å². The van der Waals surface area contributed by atoms with Gasteiger partial charge in [0, 0.05) is 12.0 Å². The van der Waals surface area contributed by atoms with Crippen LogP contribution in [0.2, 0.25) is 0 Å². The van der Waals surface area contributed by atoms with E-state index in [1.165, 1.54) is 23.2 Å². The minimum absolute atomic E-state index is 0.144. The van der Waals surface area contributed by atoms with Crippen LogP contribution in [0.1, 0.15) is 57.3 Å². The Bertz CT molecular complexity index is 624. The van der Waals surface area contributed by atoms with Gasteiger partial charge in [-0.3, -0.25) is 15.0 Å². The third-order valence-electron chi connectivity index (χ3n) is 3.02. The predicted octanol–water partition coefficient (Wildman–Crippen LogP) is 3.29. The van der Waals surface area contributed by atoms with Gasteiger partial charge in [-0.2, -0.15) is 0 Å². The van der Waals surface area contributed by atoms with Gasteiger partial charge in [-0.15, -0.1) is 0 Å². The van der Waals surface area contributed by atoms with Crippen molar-refractivity contribution >= 4 is 11.8 Å². The maximum Gasteiger partial charge on any atom is 0.317 e. The number of benzene rings is 1. The summed E-state index contributed by atoms with van der Waals surface area (Å²) in [6.07, 6.45) is 2.56. The van der Waals surface area contributed by atoms with Crippen molar-refractivity contribution in [1.29, 1.82) is 0 Å². The molecule has 1 rings (SSSR count). The predicted molar refractivity (Wildman–Crippen MR) is 87.8 cm³/mol. The Morgan fingerprint density at radius 1 is 1.30 bits per heavy atom.